The van der Waals surface area contributed by atoms with Crippen molar-refractivity contribution in [3.05, 3.63) is 23.8 Å². The normalized spacial score (nSPS) is 12.7. The monoisotopic (exact) mass is 436 g/mol. The zero-order valence-corrected chi connectivity index (χ0v) is 19.2. The third kappa shape index (κ3) is 10.6. The molecule has 0 unspecified atom stereocenters. The molecule has 1 aromatic carbocycles. The standard InChI is InChI=1S/C18H26N4O4.C2H4O.C2H6/c1-22(10-7-17(24)20-12-23)15-11-13(3-4-16(15)26-2)18(25)21-14-5-8-19-9-6-14;1-2-3;1-2/h3-4,11-12,14,19H,5-10H2,1-2H3,(H,21,25)(H,20,23,24);2H,1H3;1-2H3. The first-order valence-electron chi connectivity index (χ1n) is 10.5. The summed E-state index contributed by atoms with van der Waals surface area (Å²) in [7, 11) is 3.36. The minimum absolute atomic E-state index is 0.118. The van der Waals surface area contributed by atoms with Gasteiger partial charge < -0.3 is 25.1 Å². The summed E-state index contributed by atoms with van der Waals surface area (Å²) in [6.45, 7) is 7.64. The van der Waals surface area contributed by atoms with Crippen LogP contribution in [0.15, 0.2) is 18.2 Å². The lowest BCUT2D eigenvalue weighted by Gasteiger charge is -2.25. The average Bonchev–Trinajstić information content (AvgIpc) is 2.79. The van der Waals surface area contributed by atoms with Gasteiger partial charge in [0.1, 0.15) is 12.0 Å². The van der Waals surface area contributed by atoms with E-state index in [4.69, 9.17) is 9.53 Å². The summed E-state index contributed by atoms with van der Waals surface area (Å²) in [6, 6.07) is 5.41. The van der Waals surface area contributed by atoms with Crippen molar-refractivity contribution in [3.8, 4) is 5.75 Å². The molecule has 0 atom stereocenters. The Labute approximate surface area is 184 Å². The Bertz CT molecular complexity index is 690. The Morgan fingerprint density at radius 3 is 2.39 bits per heavy atom. The topological polar surface area (TPSA) is 117 Å². The zero-order chi connectivity index (χ0) is 23.6. The van der Waals surface area contributed by atoms with Gasteiger partial charge >= 0.3 is 0 Å². The predicted molar refractivity (Wildman–Crippen MR) is 122 cm³/mol. The van der Waals surface area contributed by atoms with Gasteiger partial charge in [0.2, 0.25) is 12.3 Å². The van der Waals surface area contributed by atoms with E-state index in [-0.39, 0.29) is 24.3 Å². The van der Waals surface area contributed by atoms with Crippen LogP contribution in [0.4, 0.5) is 5.69 Å². The number of imide groups is 1. The van der Waals surface area contributed by atoms with Gasteiger partial charge in [0.15, 0.2) is 0 Å². The van der Waals surface area contributed by atoms with E-state index in [0.717, 1.165) is 32.2 Å². The van der Waals surface area contributed by atoms with Crippen LogP contribution in [0, 0.1) is 0 Å². The fraction of sp³-hybridized carbons (Fsp3) is 0.545. The lowest BCUT2D eigenvalue weighted by Crippen LogP contribution is -2.42. The molecule has 1 aromatic rings. The van der Waals surface area contributed by atoms with Crippen molar-refractivity contribution < 1.29 is 23.9 Å². The van der Waals surface area contributed by atoms with E-state index in [1.165, 1.54) is 6.92 Å². The number of piperidine rings is 1. The third-order valence-corrected chi connectivity index (χ3v) is 4.42. The molecule has 1 aliphatic rings. The first-order valence-corrected chi connectivity index (χ1v) is 10.5. The number of carbonyl (C=O) groups is 4. The summed E-state index contributed by atoms with van der Waals surface area (Å²) in [5.41, 5.74) is 1.26. The molecule has 3 amide bonds. The van der Waals surface area contributed by atoms with Crippen LogP contribution in [0.5, 0.6) is 5.75 Å². The smallest absolute Gasteiger partial charge is 0.251 e. The summed E-state index contributed by atoms with van der Waals surface area (Å²) in [5.74, 6) is 0.139. The number of carbonyl (C=O) groups excluding carboxylic acids is 4. The number of anilines is 1. The van der Waals surface area contributed by atoms with Crippen molar-refractivity contribution in [3.63, 3.8) is 0 Å². The van der Waals surface area contributed by atoms with Crippen LogP contribution in [0.25, 0.3) is 0 Å². The number of hydrogen-bond donors (Lipinski definition) is 3. The lowest BCUT2D eigenvalue weighted by atomic mass is 10.1. The molecule has 1 saturated heterocycles. The van der Waals surface area contributed by atoms with Crippen LogP contribution in [0.1, 0.15) is 50.4 Å². The number of amides is 3. The molecule has 2 rings (SSSR count). The quantitative estimate of drug-likeness (QED) is 0.529. The van der Waals surface area contributed by atoms with Crippen molar-refractivity contribution in [1.82, 2.24) is 16.0 Å². The summed E-state index contributed by atoms with van der Waals surface area (Å²) < 4.78 is 5.37. The second-order valence-corrected chi connectivity index (χ2v) is 6.48. The van der Waals surface area contributed by atoms with Crippen LogP contribution >= 0.6 is 0 Å². The van der Waals surface area contributed by atoms with E-state index in [0.29, 0.717) is 30.0 Å². The Morgan fingerprint density at radius 2 is 1.84 bits per heavy atom. The predicted octanol–water partition coefficient (Wildman–Crippen LogP) is 1.51. The SMILES string of the molecule is CC.CC=O.COc1ccc(C(=O)NC2CCNCC2)cc1N(C)CCC(=O)NC=O. The molecule has 0 spiro atoms. The molecule has 9 heteroatoms. The van der Waals surface area contributed by atoms with E-state index in [1.807, 2.05) is 18.7 Å². The van der Waals surface area contributed by atoms with Crippen LogP contribution < -0.4 is 25.6 Å². The highest BCUT2D eigenvalue weighted by atomic mass is 16.5. The molecule has 3 N–H and O–H groups in total. The van der Waals surface area contributed by atoms with Crippen molar-refractivity contribution >= 4 is 30.2 Å². The number of hydrogen-bond acceptors (Lipinski definition) is 7. The van der Waals surface area contributed by atoms with Crippen molar-refractivity contribution in [2.45, 2.75) is 46.1 Å². The second kappa shape index (κ2) is 16.8. The van der Waals surface area contributed by atoms with E-state index >= 15 is 0 Å². The zero-order valence-electron chi connectivity index (χ0n) is 19.2. The van der Waals surface area contributed by atoms with Gasteiger partial charge in [-0.15, -0.1) is 0 Å². The molecule has 1 aliphatic heterocycles. The van der Waals surface area contributed by atoms with Crippen LogP contribution in [-0.4, -0.2) is 64.3 Å². The number of ether oxygens (including phenoxy) is 1. The number of methoxy groups -OCH3 is 1. The van der Waals surface area contributed by atoms with Gasteiger partial charge in [-0.1, -0.05) is 13.8 Å². The molecule has 9 nitrogen and oxygen atoms in total. The highest BCUT2D eigenvalue weighted by molar-refractivity contribution is 5.96. The molecular formula is C22H36N4O5. The molecule has 0 radical (unpaired) electrons. The van der Waals surface area contributed by atoms with Crippen molar-refractivity contribution in [1.29, 1.82) is 0 Å². The molecule has 1 fully saturated rings. The maximum absolute atomic E-state index is 12.5. The van der Waals surface area contributed by atoms with Gasteiger partial charge in [-0.2, -0.15) is 0 Å². The van der Waals surface area contributed by atoms with Crippen LogP contribution in [0.3, 0.4) is 0 Å². The molecule has 174 valence electrons. The maximum Gasteiger partial charge on any atom is 0.251 e. The Kier molecular flexibility index (Phi) is 15.2. The largest absolute Gasteiger partial charge is 0.495 e. The number of benzene rings is 1. The molecule has 0 aliphatic carbocycles. The fourth-order valence-corrected chi connectivity index (χ4v) is 2.89. The van der Waals surface area contributed by atoms with Gasteiger partial charge in [-0.3, -0.25) is 19.7 Å². The Balaban J connectivity index is 0.00000165. The third-order valence-electron chi connectivity index (χ3n) is 4.42. The first-order chi connectivity index (χ1) is 15.0. The summed E-state index contributed by atoms with van der Waals surface area (Å²) in [6.07, 6.45) is 3.11. The summed E-state index contributed by atoms with van der Waals surface area (Å²) >= 11 is 0. The maximum atomic E-state index is 12.5. The molecule has 0 aromatic heterocycles. The number of nitrogens with one attached hydrogen (secondary N) is 3. The molecular weight excluding hydrogens is 400 g/mol. The average molecular weight is 437 g/mol. The van der Waals surface area contributed by atoms with Crippen molar-refractivity contribution in [2.75, 3.05) is 38.7 Å². The molecule has 0 saturated carbocycles. The van der Waals surface area contributed by atoms with E-state index in [9.17, 15) is 14.4 Å². The Morgan fingerprint density at radius 1 is 1.23 bits per heavy atom. The van der Waals surface area contributed by atoms with Gasteiger partial charge in [0.05, 0.1) is 12.8 Å². The summed E-state index contributed by atoms with van der Waals surface area (Å²) in [4.78, 5) is 44.9. The van der Waals surface area contributed by atoms with Crippen LogP contribution in [0.2, 0.25) is 0 Å². The minimum atomic E-state index is -0.356. The lowest BCUT2D eigenvalue weighted by molar-refractivity contribution is -0.125. The number of rotatable bonds is 8. The summed E-state index contributed by atoms with van der Waals surface area (Å²) in [5, 5.41) is 8.44. The highest BCUT2D eigenvalue weighted by Crippen LogP contribution is 2.28. The molecule has 1 heterocycles. The van der Waals surface area contributed by atoms with Crippen LogP contribution in [-0.2, 0) is 14.4 Å². The second-order valence-electron chi connectivity index (χ2n) is 6.48. The highest BCUT2D eigenvalue weighted by Gasteiger charge is 2.18. The van der Waals surface area contributed by atoms with E-state index < -0.39 is 0 Å². The molecule has 0 bridgehead atoms. The van der Waals surface area contributed by atoms with Gasteiger partial charge in [0, 0.05) is 31.6 Å². The fourth-order valence-electron chi connectivity index (χ4n) is 2.89. The van der Waals surface area contributed by atoms with Gasteiger partial charge in [0.25, 0.3) is 5.91 Å². The van der Waals surface area contributed by atoms with E-state index in [1.54, 1.807) is 32.4 Å². The number of nitrogens with zero attached hydrogens (tertiary/aromatic N) is 1. The van der Waals surface area contributed by atoms with E-state index in [2.05, 4.69) is 16.0 Å². The van der Waals surface area contributed by atoms with Gasteiger partial charge in [-0.25, -0.2) is 0 Å². The minimum Gasteiger partial charge on any atom is -0.495 e. The first kappa shape index (κ1) is 28.1. The Hall–Kier alpha value is -2.94. The van der Waals surface area contributed by atoms with Gasteiger partial charge in [-0.05, 0) is 51.1 Å². The number of aldehydes is 1. The molecule has 31 heavy (non-hydrogen) atoms. The van der Waals surface area contributed by atoms with Crippen molar-refractivity contribution in [2.24, 2.45) is 0 Å².